The first-order chi connectivity index (χ1) is 9.97. The molecular formula is C16H26N2O3. The third kappa shape index (κ3) is 3.27. The summed E-state index contributed by atoms with van der Waals surface area (Å²) in [5.41, 5.74) is -0.925. The van der Waals surface area contributed by atoms with E-state index >= 15 is 0 Å². The van der Waals surface area contributed by atoms with Crippen molar-refractivity contribution in [3.8, 4) is 0 Å². The summed E-state index contributed by atoms with van der Waals surface area (Å²) in [4.78, 5) is 37.3. The molecule has 1 saturated heterocycles. The molecule has 0 aromatic heterocycles. The summed E-state index contributed by atoms with van der Waals surface area (Å²) in [5.74, 6) is 0.0607. The van der Waals surface area contributed by atoms with Gasteiger partial charge in [-0.25, -0.2) is 4.79 Å². The monoisotopic (exact) mass is 294 g/mol. The molecule has 118 valence electrons. The highest BCUT2D eigenvalue weighted by molar-refractivity contribution is 6.19. The number of barbiturate groups is 1. The van der Waals surface area contributed by atoms with Gasteiger partial charge in [0, 0.05) is 6.54 Å². The molecule has 0 radical (unpaired) electrons. The van der Waals surface area contributed by atoms with E-state index in [1.165, 1.54) is 17.7 Å². The SMILES string of the molecule is CC(C)CCCCCCN1C(=O)NC(=O)C2(CCC2)C1=O. The van der Waals surface area contributed by atoms with Crippen LogP contribution in [-0.2, 0) is 9.59 Å². The highest BCUT2D eigenvalue weighted by Crippen LogP contribution is 2.44. The van der Waals surface area contributed by atoms with E-state index in [9.17, 15) is 14.4 Å². The number of amides is 4. The minimum atomic E-state index is -0.925. The molecule has 1 saturated carbocycles. The van der Waals surface area contributed by atoms with E-state index in [1.807, 2.05) is 0 Å². The molecule has 5 heteroatoms. The van der Waals surface area contributed by atoms with Crippen LogP contribution in [0, 0.1) is 11.3 Å². The molecular weight excluding hydrogens is 268 g/mol. The average molecular weight is 294 g/mol. The summed E-state index contributed by atoms with van der Waals surface area (Å²) in [6.07, 6.45) is 7.43. The Morgan fingerprint density at radius 2 is 1.76 bits per heavy atom. The quantitative estimate of drug-likeness (QED) is 0.580. The van der Waals surface area contributed by atoms with Crippen molar-refractivity contribution in [2.75, 3.05) is 6.54 Å². The Kier molecular flexibility index (Phi) is 5.01. The van der Waals surface area contributed by atoms with Gasteiger partial charge in [0.2, 0.25) is 11.8 Å². The zero-order valence-electron chi connectivity index (χ0n) is 13.1. The van der Waals surface area contributed by atoms with Crippen LogP contribution in [0.3, 0.4) is 0 Å². The second-order valence-corrected chi connectivity index (χ2v) is 6.75. The maximum absolute atomic E-state index is 12.4. The van der Waals surface area contributed by atoms with Gasteiger partial charge in [0.15, 0.2) is 0 Å². The molecule has 0 unspecified atom stereocenters. The minimum Gasteiger partial charge on any atom is -0.277 e. The molecule has 2 rings (SSSR count). The van der Waals surface area contributed by atoms with Gasteiger partial charge in [-0.1, -0.05) is 46.0 Å². The van der Waals surface area contributed by atoms with E-state index in [-0.39, 0.29) is 5.91 Å². The second kappa shape index (κ2) is 6.58. The van der Waals surface area contributed by atoms with Crippen molar-refractivity contribution in [3.05, 3.63) is 0 Å². The lowest BCUT2D eigenvalue weighted by Crippen LogP contribution is -2.66. The van der Waals surface area contributed by atoms with Gasteiger partial charge in [0.1, 0.15) is 5.41 Å². The van der Waals surface area contributed by atoms with E-state index in [1.54, 1.807) is 0 Å². The summed E-state index contributed by atoms with van der Waals surface area (Å²) in [6, 6.07) is -0.537. The van der Waals surface area contributed by atoms with Crippen LogP contribution in [0.1, 0.15) is 65.2 Å². The summed E-state index contributed by atoms with van der Waals surface area (Å²) >= 11 is 0. The summed E-state index contributed by atoms with van der Waals surface area (Å²) in [7, 11) is 0. The predicted molar refractivity (Wildman–Crippen MR) is 79.5 cm³/mol. The van der Waals surface area contributed by atoms with E-state index in [4.69, 9.17) is 0 Å². The number of nitrogens with one attached hydrogen (secondary N) is 1. The van der Waals surface area contributed by atoms with Gasteiger partial charge in [-0.2, -0.15) is 0 Å². The number of hydrogen-bond donors (Lipinski definition) is 1. The molecule has 4 amide bonds. The topological polar surface area (TPSA) is 66.5 Å². The van der Waals surface area contributed by atoms with Crippen molar-refractivity contribution in [2.24, 2.45) is 11.3 Å². The Bertz CT molecular complexity index is 427. The van der Waals surface area contributed by atoms with Gasteiger partial charge in [0.05, 0.1) is 0 Å². The lowest BCUT2D eigenvalue weighted by molar-refractivity contribution is -0.157. The molecule has 2 aliphatic rings. The van der Waals surface area contributed by atoms with E-state index in [0.29, 0.717) is 19.4 Å². The van der Waals surface area contributed by atoms with Crippen LogP contribution in [-0.4, -0.2) is 29.3 Å². The maximum atomic E-state index is 12.4. The predicted octanol–water partition coefficient (Wildman–Crippen LogP) is 2.84. The Balaban J connectivity index is 1.78. The highest BCUT2D eigenvalue weighted by atomic mass is 16.2. The number of carbonyl (C=O) groups excluding carboxylic acids is 3. The molecule has 1 aliphatic heterocycles. The first-order valence-corrected chi connectivity index (χ1v) is 8.15. The molecule has 21 heavy (non-hydrogen) atoms. The number of urea groups is 1. The van der Waals surface area contributed by atoms with Crippen LogP contribution in [0.25, 0.3) is 0 Å². The van der Waals surface area contributed by atoms with Gasteiger partial charge in [0.25, 0.3) is 0 Å². The summed E-state index contributed by atoms with van der Waals surface area (Å²) in [6.45, 7) is 4.86. The zero-order valence-corrected chi connectivity index (χ0v) is 13.1. The standard InChI is InChI=1S/C16H26N2O3/c1-12(2)8-5-3-4-6-11-18-14(20)16(9-7-10-16)13(19)17-15(18)21/h12H,3-11H2,1-2H3,(H,17,19,21). The fraction of sp³-hybridized carbons (Fsp3) is 0.812. The molecule has 5 nitrogen and oxygen atoms in total. The van der Waals surface area contributed by atoms with E-state index in [2.05, 4.69) is 19.2 Å². The molecule has 2 fully saturated rings. The zero-order chi connectivity index (χ0) is 15.5. The van der Waals surface area contributed by atoms with Crippen molar-refractivity contribution in [1.82, 2.24) is 10.2 Å². The number of carbonyl (C=O) groups is 3. The maximum Gasteiger partial charge on any atom is 0.330 e. The number of unbranched alkanes of at least 4 members (excludes halogenated alkanes) is 3. The molecule has 0 aromatic rings. The Labute approximate surface area is 126 Å². The van der Waals surface area contributed by atoms with E-state index in [0.717, 1.165) is 31.6 Å². The highest BCUT2D eigenvalue weighted by Gasteiger charge is 2.57. The molecule has 0 aromatic carbocycles. The number of imide groups is 2. The largest absolute Gasteiger partial charge is 0.330 e. The minimum absolute atomic E-state index is 0.273. The van der Waals surface area contributed by atoms with Crippen molar-refractivity contribution >= 4 is 17.8 Å². The Morgan fingerprint density at radius 3 is 2.33 bits per heavy atom. The summed E-state index contributed by atoms with van der Waals surface area (Å²) < 4.78 is 0. The molecule has 0 bridgehead atoms. The van der Waals surface area contributed by atoms with Gasteiger partial charge in [-0.15, -0.1) is 0 Å². The number of rotatable bonds is 7. The Morgan fingerprint density at radius 1 is 1.10 bits per heavy atom. The second-order valence-electron chi connectivity index (χ2n) is 6.75. The Hall–Kier alpha value is -1.39. The molecule has 1 spiro atoms. The normalized spacial score (nSPS) is 20.9. The fourth-order valence-electron chi connectivity index (χ4n) is 3.08. The van der Waals surface area contributed by atoms with Crippen molar-refractivity contribution in [3.63, 3.8) is 0 Å². The molecule has 1 heterocycles. The third-order valence-corrected chi connectivity index (χ3v) is 4.68. The first kappa shape index (κ1) is 16.0. The first-order valence-electron chi connectivity index (χ1n) is 8.15. The van der Waals surface area contributed by atoms with Gasteiger partial charge in [-0.3, -0.25) is 19.8 Å². The van der Waals surface area contributed by atoms with Crippen molar-refractivity contribution < 1.29 is 14.4 Å². The fourth-order valence-corrected chi connectivity index (χ4v) is 3.08. The molecule has 0 atom stereocenters. The van der Waals surface area contributed by atoms with Crippen LogP contribution in [0.2, 0.25) is 0 Å². The van der Waals surface area contributed by atoms with Crippen molar-refractivity contribution in [1.29, 1.82) is 0 Å². The molecule has 1 aliphatic carbocycles. The van der Waals surface area contributed by atoms with Gasteiger partial charge < -0.3 is 0 Å². The van der Waals surface area contributed by atoms with Gasteiger partial charge >= 0.3 is 6.03 Å². The average Bonchev–Trinajstić information content (AvgIpc) is 2.34. The summed E-state index contributed by atoms with van der Waals surface area (Å²) in [5, 5.41) is 2.35. The van der Waals surface area contributed by atoms with Crippen LogP contribution < -0.4 is 5.32 Å². The van der Waals surface area contributed by atoms with E-state index < -0.39 is 17.4 Å². The number of nitrogens with zero attached hydrogens (tertiary/aromatic N) is 1. The van der Waals surface area contributed by atoms with Crippen LogP contribution >= 0.6 is 0 Å². The van der Waals surface area contributed by atoms with Crippen LogP contribution in [0.4, 0.5) is 4.79 Å². The third-order valence-electron chi connectivity index (χ3n) is 4.68. The number of hydrogen-bond acceptors (Lipinski definition) is 3. The lowest BCUT2D eigenvalue weighted by atomic mass is 9.66. The van der Waals surface area contributed by atoms with Crippen LogP contribution in [0.5, 0.6) is 0 Å². The molecule has 1 N–H and O–H groups in total. The van der Waals surface area contributed by atoms with Crippen LogP contribution in [0.15, 0.2) is 0 Å². The van der Waals surface area contributed by atoms with Crippen molar-refractivity contribution in [2.45, 2.75) is 65.2 Å². The lowest BCUT2D eigenvalue weighted by Gasteiger charge is -2.44. The van der Waals surface area contributed by atoms with Gasteiger partial charge in [-0.05, 0) is 25.2 Å². The smallest absolute Gasteiger partial charge is 0.277 e.